The number of hydrogen-bond acceptors (Lipinski definition) is 4. The minimum atomic E-state index is -0.566. The number of amides is 1. The van der Waals surface area contributed by atoms with Crippen molar-refractivity contribution in [3.63, 3.8) is 0 Å². The lowest BCUT2D eigenvalue weighted by Crippen LogP contribution is -2.21. The van der Waals surface area contributed by atoms with E-state index in [1.165, 1.54) is 0 Å². The summed E-state index contributed by atoms with van der Waals surface area (Å²) in [6, 6.07) is 8.95. The molecule has 0 fully saturated rings. The molecular weight excluding hydrogens is 270 g/mol. The lowest BCUT2D eigenvalue weighted by Gasteiger charge is -2.06. The number of nitrogens with one attached hydrogen (secondary N) is 1. The second kappa shape index (κ2) is 6.26. The van der Waals surface area contributed by atoms with Crippen LogP contribution in [-0.4, -0.2) is 18.5 Å². The van der Waals surface area contributed by atoms with Crippen LogP contribution < -0.4 is 5.32 Å². The molecule has 110 valence electrons. The molecule has 21 heavy (non-hydrogen) atoms. The van der Waals surface area contributed by atoms with Crippen molar-refractivity contribution in [1.29, 1.82) is 0 Å². The smallest absolute Gasteiger partial charge is 0.342 e. The van der Waals surface area contributed by atoms with Gasteiger partial charge in [0.15, 0.2) is 6.61 Å². The average Bonchev–Trinajstić information content (AvgIpc) is 2.78. The van der Waals surface area contributed by atoms with E-state index in [9.17, 15) is 9.59 Å². The van der Waals surface area contributed by atoms with Crippen LogP contribution in [0.3, 0.4) is 0 Å². The zero-order valence-electron chi connectivity index (χ0n) is 12.2. The molecule has 0 aliphatic rings. The largest absolute Gasteiger partial charge is 0.466 e. The molecule has 1 aromatic carbocycles. The summed E-state index contributed by atoms with van der Waals surface area (Å²) in [5.74, 6) is 0.161. The van der Waals surface area contributed by atoms with Crippen molar-refractivity contribution in [3.8, 4) is 0 Å². The third-order valence-electron chi connectivity index (χ3n) is 2.93. The van der Waals surface area contributed by atoms with Gasteiger partial charge in [-0.05, 0) is 39.0 Å². The van der Waals surface area contributed by atoms with E-state index < -0.39 is 5.97 Å². The highest BCUT2D eigenvalue weighted by Gasteiger charge is 2.16. The van der Waals surface area contributed by atoms with Gasteiger partial charge in [0.05, 0.1) is 0 Å². The molecule has 0 radical (unpaired) electrons. The van der Waals surface area contributed by atoms with Crippen LogP contribution in [0.1, 0.15) is 27.4 Å². The fourth-order valence-corrected chi connectivity index (χ4v) is 1.88. The number of rotatable bonds is 4. The molecular formula is C16H17NO4. The number of hydrogen-bond donors (Lipinski definition) is 1. The van der Waals surface area contributed by atoms with E-state index in [0.29, 0.717) is 22.8 Å². The van der Waals surface area contributed by atoms with E-state index in [1.807, 2.05) is 19.1 Å². The van der Waals surface area contributed by atoms with Gasteiger partial charge in [0.1, 0.15) is 17.1 Å². The van der Waals surface area contributed by atoms with Crippen LogP contribution in [0.5, 0.6) is 0 Å². The summed E-state index contributed by atoms with van der Waals surface area (Å²) in [7, 11) is 0. The minimum absolute atomic E-state index is 0.337. The van der Waals surface area contributed by atoms with Gasteiger partial charge in [-0.3, -0.25) is 4.79 Å². The number of esters is 1. The fraction of sp³-hybridized carbons (Fsp3) is 0.250. The van der Waals surface area contributed by atoms with Crippen LogP contribution in [0.4, 0.5) is 5.69 Å². The number of carbonyl (C=O) groups is 2. The summed E-state index contributed by atoms with van der Waals surface area (Å²) in [5.41, 5.74) is 2.11. The maximum Gasteiger partial charge on any atom is 0.342 e. The van der Waals surface area contributed by atoms with Crippen LogP contribution in [0.15, 0.2) is 34.7 Å². The van der Waals surface area contributed by atoms with Crippen molar-refractivity contribution in [2.45, 2.75) is 20.8 Å². The highest BCUT2D eigenvalue weighted by atomic mass is 16.5. The molecule has 0 saturated heterocycles. The van der Waals surface area contributed by atoms with E-state index in [0.717, 1.165) is 5.56 Å². The first-order chi connectivity index (χ1) is 9.95. The number of benzene rings is 1. The standard InChI is InChI=1S/C16H17NO4/c1-10-4-6-13(7-5-10)17-15(18)9-20-16(19)14-8-11(2)21-12(14)3/h4-8H,9H2,1-3H3,(H,17,18). The first-order valence-electron chi connectivity index (χ1n) is 6.56. The Morgan fingerprint density at radius 1 is 1.14 bits per heavy atom. The van der Waals surface area contributed by atoms with E-state index in [1.54, 1.807) is 32.0 Å². The van der Waals surface area contributed by atoms with Gasteiger partial charge >= 0.3 is 5.97 Å². The zero-order chi connectivity index (χ0) is 15.4. The first-order valence-corrected chi connectivity index (χ1v) is 6.56. The molecule has 0 aliphatic heterocycles. The molecule has 0 spiro atoms. The first kappa shape index (κ1) is 14.8. The molecule has 5 nitrogen and oxygen atoms in total. The Bertz CT molecular complexity index is 655. The molecule has 1 N–H and O–H groups in total. The Morgan fingerprint density at radius 3 is 2.38 bits per heavy atom. The van der Waals surface area contributed by atoms with Gasteiger partial charge in [-0.15, -0.1) is 0 Å². The number of anilines is 1. The van der Waals surface area contributed by atoms with Crippen LogP contribution >= 0.6 is 0 Å². The summed E-state index contributed by atoms with van der Waals surface area (Å²) in [6.45, 7) is 5.04. The predicted molar refractivity (Wildman–Crippen MR) is 78.3 cm³/mol. The fourth-order valence-electron chi connectivity index (χ4n) is 1.88. The van der Waals surface area contributed by atoms with Gasteiger partial charge in [-0.2, -0.15) is 0 Å². The number of carbonyl (C=O) groups excluding carboxylic acids is 2. The molecule has 0 atom stereocenters. The molecule has 1 heterocycles. The third kappa shape index (κ3) is 3.95. The van der Waals surface area contributed by atoms with Gasteiger partial charge in [-0.1, -0.05) is 17.7 Å². The molecule has 0 bridgehead atoms. The van der Waals surface area contributed by atoms with Crippen LogP contribution in [0, 0.1) is 20.8 Å². The molecule has 1 amide bonds. The van der Waals surface area contributed by atoms with Crippen molar-refractivity contribution in [2.75, 3.05) is 11.9 Å². The number of aryl methyl sites for hydroxylation is 3. The Balaban J connectivity index is 1.88. The molecule has 0 unspecified atom stereocenters. The normalized spacial score (nSPS) is 10.2. The quantitative estimate of drug-likeness (QED) is 0.878. The van der Waals surface area contributed by atoms with E-state index >= 15 is 0 Å². The topological polar surface area (TPSA) is 68.5 Å². The second-order valence-electron chi connectivity index (χ2n) is 4.82. The molecule has 2 rings (SSSR count). The molecule has 1 aromatic heterocycles. The summed E-state index contributed by atoms with van der Waals surface area (Å²) in [4.78, 5) is 23.5. The van der Waals surface area contributed by atoms with Crippen molar-refractivity contribution in [2.24, 2.45) is 0 Å². The Labute approximate surface area is 122 Å². The summed E-state index contributed by atoms with van der Waals surface area (Å²) in [6.07, 6.45) is 0. The third-order valence-corrected chi connectivity index (χ3v) is 2.93. The number of ether oxygens (including phenoxy) is 1. The molecule has 5 heteroatoms. The maximum atomic E-state index is 11.8. The summed E-state index contributed by atoms with van der Waals surface area (Å²) >= 11 is 0. The predicted octanol–water partition coefficient (Wildman–Crippen LogP) is 3.00. The van der Waals surface area contributed by atoms with Crippen molar-refractivity contribution in [3.05, 3.63) is 53.0 Å². The van der Waals surface area contributed by atoms with Gasteiger partial charge in [0, 0.05) is 5.69 Å². The molecule has 0 saturated carbocycles. The molecule has 0 aliphatic carbocycles. The van der Waals surface area contributed by atoms with Crippen LogP contribution in [-0.2, 0) is 9.53 Å². The van der Waals surface area contributed by atoms with E-state index in [4.69, 9.17) is 9.15 Å². The van der Waals surface area contributed by atoms with E-state index in [2.05, 4.69) is 5.32 Å². The Morgan fingerprint density at radius 2 is 1.81 bits per heavy atom. The van der Waals surface area contributed by atoms with Gasteiger partial charge < -0.3 is 14.5 Å². The summed E-state index contributed by atoms with van der Waals surface area (Å²) < 4.78 is 10.2. The lowest BCUT2D eigenvalue weighted by atomic mass is 10.2. The second-order valence-corrected chi connectivity index (χ2v) is 4.82. The maximum absolute atomic E-state index is 11.8. The number of furan rings is 1. The van der Waals surface area contributed by atoms with Crippen LogP contribution in [0.25, 0.3) is 0 Å². The van der Waals surface area contributed by atoms with Crippen molar-refractivity contribution < 1.29 is 18.7 Å². The van der Waals surface area contributed by atoms with Crippen molar-refractivity contribution in [1.82, 2.24) is 0 Å². The SMILES string of the molecule is Cc1ccc(NC(=O)COC(=O)c2cc(C)oc2C)cc1. The minimum Gasteiger partial charge on any atom is -0.466 e. The van der Waals surface area contributed by atoms with Gasteiger partial charge in [0.25, 0.3) is 5.91 Å². The monoisotopic (exact) mass is 287 g/mol. The van der Waals surface area contributed by atoms with Gasteiger partial charge in [-0.25, -0.2) is 4.79 Å². The highest BCUT2D eigenvalue weighted by molar-refractivity contribution is 5.95. The zero-order valence-corrected chi connectivity index (χ0v) is 12.2. The lowest BCUT2D eigenvalue weighted by molar-refractivity contribution is -0.119. The van der Waals surface area contributed by atoms with Gasteiger partial charge in [0.2, 0.25) is 0 Å². The highest BCUT2D eigenvalue weighted by Crippen LogP contribution is 2.14. The Kier molecular flexibility index (Phi) is 4.42. The van der Waals surface area contributed by atoms with Crippen molar-refractivity contribution >= 4 is 17.6 Å². The van der Waals surface area contributed by atoms with E-state index in [-0.39, 0.29) is 12.5 Å². The van der Waals surface area contributed by atoms with Crippen LogP contribution in [0.2, 0.25) is 0 Å². The average molecular weight is 287 g/mol. The molecule has 2 aromatic rings. The Hall–Kier alpha value is -2.56. The summed E-state index contributed by atoms with van der Waals surface area (Å²) in [5, 5.41) is 2.66.